The zero-order valence-corrected chi connectivity index (χ0v) is 16.9. The van der Waals surface area contributed by atoms with Crippen molar-refractivity contribution < 1.29 is 9.13 Å². The molecule has 1 aliphatic heterocycles. The number of ether oxygens (including phenoxy) is 1. The third kappa shape index (κ3) is 2.86. The van der Waals surface area contributed by atoms with Crippen molar-refractivity contribution in [3.05, 3.63) is 59.7 Å². The summed E-state index contributed by atoms with van der Waals surface area (Å²) in [6.07, 6.45) is 1.85. The van der Waals surface area contributed by atoms with Gasteiger partial charge in [-0.15, -0.1) is 0 Å². The number of H-pyrrole nitrogens is 1. The Morgan fingerprint density at radius 3 is 2.62 bits per heavy atom. The van der Waals surface area contributed by atoms with Crippen molar-refractivity contribution in [2.75, 3.05) is 26.8 Å². The lowest BCUT2D eigenvalue weighted by Crippen LogP contribution is -2.41. The monoisotopic (exact) mass is 392 g/mol. The topological polar surface area (TPSA) is 54.9 Å². The minimum absolute atomic E-state index is 0.223. The Balaban J connectivity index is 1.91. The Kier molecular flexibility index (Phi) is 4.22. The van der Waals surface area contributed by atoms with E-state index in [0.717, 1.165) is 35.2 Å². The van der Waals surface area contributed by atoms with Crippen molar-refractivity contribution in [1.29, 1.82) is 0 Å². The highest BCUT2D eigenvalue weighted by molar-refractivity contribution is 5.99. The van der Waals surface area contributed by atoms with Crippen LogP contribution in [0.4, 0.5) is 4.39 Å². The van der Waals surface area contributed by atoms with E-state index in [1.54, 1.807) is 7.11 Å². The molecule has 2 N–H and O–H groups in total. The fourth-order valence-corrected chi connectivity index (χ4v) is 4.61. The molecule has 0 amide bonds. The molecular formula is C23H25FN4O. The van der Waals surface area contributed by atoms with Crippen molar-refractivity contribution in [3.8, 4) is 5.69 Å². The number of halogens is 1. The second-order valence-electron chi connectivity index (χ2n) is 8.57. The molecule has 5 nitrogen and oxygen atoms in total. The fraction of sp³-hybridized carbons (Fsp3) is 0.348. The summed E-state index contributed by atoms with van der Waals surface area (Å²) in [5.74, 6) is 0.203. The number of aromatic amines is 1. The molecule has 5 rings (SSSR count). The van der Waals surface area contributed by atoms with Crippen LogP contribution in [0.2, 0.25) is 0 Å². The molecule has 2 aromatic heterocycles. The number of rotatable bonds is 5. The molecule has 0 aliphatic carbocycles. The van der Waals surface area contributed by atoms with E-state index in [9.17, 15) is 4.39 Å². The van der Waals surface area contributed by atoms with Crippen LogP contribution in [0.5, 0.6) is 0 Å². The highest BCUT2D eigenvalue weighted by atomic mass is 19.1. The second-order valence-corrected chi connectivity index (χ2v) is 8.57. The molecule has 29 heavy (non-hydrogen) atoms. The Hall–Kier alpha value is -2.70. The van der Waals surface area contributed by atoms with Gasteiger partial charge in [-0.3, -0.25) is 5.10 Å². The van der Waals surface area contributed by atoms with Gasteiger partial charge in [0.25, 0.3) is 0 Å². The van der Waals surface area contributed by atoms with Gasteiger partial charge in [-0.1, -0.05) is 13.8 Å². The predicted molar refractivity (Wildman–Crippen MR) is 113 cm³/mol. The van der Waals surface area contributed by atoms with Crippen LogP contribution in [0.3, 0.4) is 0 Å². The van der Waals surface area contributed by atoms with Crippen molar-refractivity contribution in [2.24, 2.45) is 0 Å². The van der Waals surface area contributed by atoms with Gasteiger partial charge in [0, 0.05) is 53.7 Å². The van der Waals surface area contributed by atoms with Crippen LogP contribution in [-0.4, -0.2) is 41.6 Å². The molecule has 3 heterocycles. The summed E-state index contributed by atoms with van der Waals surface area (Å²) in [6.45, 7) is 6.94. The van der Waals surface area contributed by atoms with Gasteiger partial charge in [0.15, 0.2) is 0 Å². The second kappa shape index (κ2) is 6.68. The number of methoxy groups -OCH3 is 1. The quantitative estimate of drug-likeness (QED) is 0.534. The van der Waals surface area contributed by atoms with E-state index >= 15 is 0 Å². The predicted octanol–water partition coefficient (Wildman–Crippen LogP) is 4.26. The summed E-state index contributed by atoms with van der Waals surface area (Å²) in [5, 5.41) is 13.0. The molecule has 0 saturated carbocycles. The molecule has 2 aromatic carbocycles. The molecule has 4 aromatic rings. The van der Waals surface area contributed by atoms with Gasteiger partial charge in [0.05, 0.1) is 23.8 Å². The molecule has 150 valence electrons. The normalized spacial score (nSPS) is 15.3. The largest absolute Gasteiger partial charge is 0.384 e. The Morgan fingerprint density at radius 2 is 1.97 bits per heavy atom. The van der Waals surface area contributed by atoms with Crippen molar-refractivity contribution in [3.63, 3.8) is 0 Å². The number of aromatic nitrogens is 3. The van der Waals surface area contributed by atoms with E-state index in [1.165, 1.54) is 28.8 Å². The van der Waals surface area contributed by atoms with E-state index in [4.69, 9.17) is 4.74 Å². The van der Waals surface area contributed by atoms with Gasteiger partial charge < -0.3 is 14.6 Å². The first-order chi connectivity index (χ1) is 14.0. The van der Waals surface area contributed by atoms with Crippen LogP contribution >= 0.6 is 0 Å². The average Bonchev–Trinajstić information content (AvgIpc) is 3.22. The number of nitrogens with zero attached hydrogens (tertiary/aromatic N) is 2. The maximum Gasteiger partial charge on any atom is 0.123 e. The first kappa shape index (κ1) is 18.3. The molecule has 0 bridgehead atoms. The van der Waals surface area contributed by atoms with Crippen LogP contribution in [-0.2, 0) is 10.2 Å². The van der Waals surface area contributed by atoms with E-state index in [-0.39, 0.29) is 11.2 Å². The highest BCUT2D eigenvalue weighted by Gasteiger charge is 2.36. The van der Waals surface area contributed by atoms with E-state index in [0.29, 0.717) is 12.5 Å². The summed E-state index contributed by atoms with van der Waals surface area (Å²) >= 11 is 0. The Labute approximate surface area is 168 Å². The SMILES string of the molecule is COCC(C)(C)c1c(C2CNC2)c2cc3[nH]ncc3cc2n1-c1ccc(F)cc1. The number of hydrogen-bond acceptors (Lipinski definition) is 3. The molecule has 1 fully saturated rings. The van der Waals surface area contributed by atoms with Gasteiger partial charge in [0.2, 0.25) is 0 Å². The lowest BCUT2D eigenvalue weighted by atomic mass is 9.81. The molecule has 0 atom stereocenters. The third-order valence-corrected chi connectivity index (χ3v) is 5.99. The van der Waals surface area contributed by atoms with E-state index in [1.807, 2.05) is 18.3 Å². The minimum Gasteiger partial charge on any atom is -0.384 e. The van der Waals surface area contributed by atoms with E-state index < -0.39 is 0 Å². The number of hydrogen-bond donors (Lipinski definition) is 2. The first-order valence-corrected chi connectivity index (χ1v) is 9.97. The van der Waals surface area contributed by atoms with Crippen LogP contribution in [0.15, 0.2) is 42.6 Å². The molecule has 0 spiro atoms. The molecule has 1 saturated heterocycles. The first-order valence-electron chi connectivity index (χ1n) is 9.97. The molecule has 1 aliphatic rings. The third-order valence-electron chi connectivity index (χ3n) is 5.99. The van der Waals surface area contributed by atoms with Gasteiger partial charge in [-0.25, -0.2) is 4.39 Å². The summed E-state index contributed by atoms with van der Waals surface area (Å²) < 4.78 is 21.6. The summed E-state index contributed by atoms with van der Waals surface area (Å²) in [4.78, 5) is 0. The minimum atomic E-state index is -0.233. The standard InChI is InChI=1S/C23H25FN4O/c1-23(2,13-29-3)22-21(15-10-25-11-15)18-9-19-14(12-26-27-19)8-20(18)28(22)17-6-4-16(24)5-7-17/h4-9,12,15,25H,10-11,13H2,1-3H3,(H,26,27). The fourth-order valence-electron chi connectivity index (χ4n) is 4.61. The Morgan fingerprint density at radius 1 is 1.21 bits per heavy atom. The van der Waals surface area contributed by atoms with Gasteiger partial charge in [-0.05, 0) is 42.0 Å². The van der Waals surface area contributed by atoms with Crippen LogP contribution in [0, 0.1) is 5.82 Å². The average molecular weight is 392 g/mol. The van der Waals surface area contributed by atoms with Crippen LogP contribution in [0.25, 0.3) is 27.5 Å². The zero-order valence-electron chi connectivity index (χ0n) is 16.9. The molecule has 6 heteroatoms. The maximum atomic E-state index is 13.7. The summed E-state index contributed by atoms with van der Waals surface area (Å²) in [7, 11) is 1.74. The zero-order chi connectivity index (χ0) is 20.2. The molecular weight excluding hydrogens is 367 g/mol. The Bertz CT molecular complexity index is 1190. The maximum absolute atomic E-state index is 13.7. The van der Waals surface area contributed by atoms with Gasteiger partial charge >= 0.3 is 0 Å². The highest BCUT2D eigenvalue weighted by Crippen LogP contribution is 2.43. The van der Waals surface area contributed by atoms with Crippen molar-refractivity contribution in [2.45, 2.75) is 25.2 Å². The van der Waals surface area contributed by atoms with Crippen molar-refractivity contribution in [1.82, 2.24) is 20.1 Å². The summed E-state index contributed by atoms with van der Waals surface area (Å²) in [5.41, 5.74) is 5.45. The van der Waals surface area contributed by atoms with Crippen LogP contribution in [0.1, 0.15) is 31.0 Å². The summed E-state index contributed by atoms with van der Waals surface area (Å²) in [6, 6.07) is 11.1. The van der Waals surface area contributed by atoms with Gasteiger partial charge in [0.1, 0.15) is 5.82 Å². The van der Waals surface area contributed by atoms with Crippen molar-refractivity contribution >= 4 is 21.8 Å². The molecule has 0 unspecified atom stereocenters. The number of fused-ring (bicyclic) bond motifs is 2. The molecule has 0 radical (unpaired) electrons. The number of benzene rings is 2. The lowest BCUT2D eigenvalue weighted by Gasteiger charge is -2.34. The van der Waals surface area contributed by atoms with Gasteiger partial charge in [-0.2, -0.15) is 5.10 Å². The number of nitrogens with one attached hydrogen (secondary N) is 2. The lowest BCUT2D eigenvalue weighted by molar-refractivity contribution is 0.143. The smallest absolute Gasteiger partial charge is 0.123 e. The van der Waals surface area contributed by atoms with E-state index in [2.05, 4.69) is 46.1 Å². The van der Waals surface area contributed by atoms with Crippen LogP contribution < -0.4 is 5.32 Å².